The first-order valence-electron chi connectivity index (χ1n) is 7.55. The molecule has 25 heavy (non-hydrogen) atoms. The van der Waals surface area contributed by atoms with Crippen molar-refractivity contribution in [1.82, 2.24) is 0 Å². The van der Waals surface area contributed by atoms with Gasteiger partial charge in [0.25, 0.3) is 0 Å². The summed E-state index contributed by atoms with van der Waals surface area (Å²) in [5.41, 5.74) is 0.458. The van der Waals surface area contributed by atoms with Gasteiger partial charge in [0.1, 0.15) is 5.82 Å². The molecule has 2 aromatic rings. The van der Waals surface area contributed by atoms with Gasteiger partial charge in [0.05, 0.1) is 22.7 Å². The third kappa shape index (κ3) is 5.44. The van der Waals surface area contributed by atoms with Crippen molar-refractivity contribution in [1.29, 1.82) is 0 Å². The number of anilines is 2. The van der Waals surface area contributed by atoms with Gasteiger partial charge in [0.15, 0.2) is 0 Å². The maximum absolute atomic E-state index is 13.9. The molecule has 0 atom stereocenters. The molecule has 2 aromatic carbocycles. The highest BCUT2D eigenvalue weighted by molar-refractivity contribution is 7.92. The topological polar surface area (TPSA) is 66.5 Å². The molecule has 0 fully saturated rings. The van der Waals surface area contributed by atoms with Gasteiger partial charge in [-0.1, -0.05) is 35.9 Å². The Labute approximate surface area is 151 Å². The highest BCUT2D eigenvalue weighted by Gasteiger charge is 2.20. The number of amides is 1. The summed E-state index contributed by atoms with van der Waals surface area (Å²) in [6, 6.07) is 12.4. The van der Waals surface area contributed by atoms with E-state index >= 15 is 0 Å². The minimum absolute atomic E-state index is 0.00426. The summed E-state index contributed by atoms with van der Waals surface area (Å²) in [6.07, 6.45) is 1.31. The van der Waals surface area contributed by atoms with Crippen LogP contribution in [-0.2, 0) is 14.8 Å². The van der Waals surface area contributed by atoms with Crippen LogP contribution in [0.15, 0.2) is 48.5 Å². The van der Waals surface area contributed by atoms with Crippen LogP contribution in [0.5, 0.6) is 0 Å². The Bertz CT molecular complexity index is 858. The van der Waals surface area contributed by atoms with Crippen molar-refractivity contribution in [2.75, 3.05) is 22.4 Å². The maximum atomic E-state index is 13.9. The van der Waals surface area contributed by atoms with Gasteiger partial charge in [0.2, 0.25) is 15.9 Å². The Morgan fingerprint density at radius 1 is 1.16 bits per heavy atom. The van der Waals surface area contributed by atoms with Crippen molar-refractivity contribution in [2.45, 2.75) is 12.8 Å². The van der Waals surface area contributed by atoms with E-state index in [2.05, 4.69) is 5.32 Å². The summed E-state index contributed by atoms with van der Waals surface area (Å²) in [7, 11) is -3.66. The van der Waals surface area contributed by atoms with E-state index in [1.807, 2.05) is 0 Å². The minimum Gasteiger partial charge on any atom is -0.325 e. The highest BCUT2D eigenvalue weighted by Crippen LogP contribution is 2.23. The fourth-order valence-electron chi connectivity index (χ4n) is 2.28. The van der Waals surface area contributed by atoms with Crippen LogP contribution in [0.2, 0.25) is 5.02 Å². The van der Waals surface area contributed by atoms with E-state index in [4.69, 9.17) is 11.6 Å². The van der Waals surface area contributed by atoms with Crippen molar-refractivity contribution in [3.63, 3.8) is 0 Å². The van der Waals surface area contributed by atoms with Crippen LogP contribution >= 0.6 is 11.6 Å². The number of rotatable bonds is 7. The molecule has 0 aromatic heterocycles. The van der Waals surface area contributed by atoms with E-state index in [9.17, 15) is 17.6 Å². The van der Waals surface area contributed by atoms with Crippen LogP contribution in [0.25, 0.3) is 0 Å². The van der Waals surface area contributed by atoms with Crippen molar-refractivity contribution in [3.05, 3.63) is 59.4 Å². The zero-order chi connectivity index (χ0) is 18.4. The number of para-hydroxylation sites is 2. The van der Waals surface area contributed by atoms with Crippen LogP contribution in [0, 0.1) is 5.82 Å². The maximum Gasteiger partial charge on any atom is 0.232 e. The molecule has 8 heteroatoms. The fraction of sp³-hybridized carbons (Fsp3) is 0.235. The number of halogens is 2. The monoisotopic (exact) mass is 384 g/mol. The van der Waals surface area contributed by atoms with Crippen LogP contribution in [-0.4, -0.2) is 27.1 Å². The summed E-state index contributed by atoms with van der Waals surface area (Å²) < 4.78 is 38.7. The number of carbonyl (C=O) groups excluding carboxylic acids is 1. The molecule has 0 saturated carbocycles. The normalized spacial score (nSPS) is 11.2. The summed E-state index contributed by atoms with van der Waals surface area (Å²) in [6.45, 7) is -0.00426. The van der Waals surface area contributed by atoms with Crippen LogP contribution in [0.3, 0.4) is 0 Å². The second-order valence-electron chi connectivity index (χ2n) is 5.42. The Hall–Kier alpha value is -2.12. The number of hydrogen-bond donors (Lipinski definition) is 1. The Kier molecular flexibility index (Phi) is 6.39. The fourth-order valence-corrected chi connectivity index (χ4v) is 3.43. The number of benzene rings is 2. The summed E-state index contributed by atoms with van der Waals surface area (Å²) in [5.74, 6) is -0.927. The number of nitrogens with zero attached hydrogens (tertiary/aromatic N) is 1. The third-order valence-electron chi connectivity index (χ3n) is 3.43. The van der Waals surface area contributed by atoms with Gasteiger partial charge in [0, 0.05) is 13.0 Å². The van der Waals surface area contributed by atoms with Gasteiger partial charge in [-0.15, -0.1) is 0 Å². The lowest BCUT2D eigenvalue weighted by Crippen LogP contribution is -2.32. The van der Waals surface area contributed by atoms with Gasteiger partial charge >= 0.3 is 0 Å². The van der Waals surface area contributed by atoms with Crippen molar-refractivity contribution >= 4 is 38.9 Å². The molecule has 0 heterocycles. The first-order valence-corrected chi connectivity index (χ1v) is 9.78. The van der Waals surface area contributed by atoms with Gasteiger partial charge in [-0.25, -0.2) is 12.8 Å². The lowest BCUT2D eigenvalue weighted by Gasteiger charge is -2.22. The summed E-state index contributed by atoms with van der Waals surface area (Å²) in [4.78, 5) is 12.0. The number of carbonyl (C=O) groups is 1. The van der Waals surface area contributed by atoms with Crippen molar-refractivity contribution in [2.24, 2.45) is 0 Å². The van der Waals surface area contributed by atoms with Crippen molar-refractivity contribution in [3.8, 4) is 0 Å². The smallest absolute Gasteiger partial charge is 0.232 e. The van der Waals surface area contributed by atoms with Gasteiger partial charge in [-0.2, -0.15) is 0 Å². The Morgan fingerprint density at radius 3 is 2.44 bits per heavy atom. The zero-order valence-electron chi connectivity index (χ0n) is 13.6. The van der Waals surface area contributed by atoms with E-state index in [-0.39, 0.29) is 31.0 Å². The molecule has 0 spiro atoms. The first-order chi connectivity index (χ1) is 11.8. The van der Waals surface area contributed by atoms with Crippen LogP contribution in [0.4, 0.5) is 15.8 Å². The van der Waals surface area contributed by atoms with Crippen LogP contribution < -0.4 is 9.62 Å². The Morgan fingerprint density at radius 2 is 1.80 bits per heavy atom. The van der Waals surface area contributed by atoms with E-state index in [1.54, 1.807) is 30.3 Å². The number of hydrogen-bond acceptors (Lipinski definition) is 3. The van der Waals surface area contributed by atoms with Gasteiger partial charge < -0.3 is 5.32 Å². The molecule has 1 N–H and O–H groups in total. The molecular formula is C17H18ClFN2O3S. The molecule has 1 amide bonds. The molecule has 134 valence electrons. The molecule has 2 rings (SSSR count). The highest BCUT2D eigenvalue weighted by atomic mass is 35.5. The summed E-state index contributed by atoms with van der Waals surface area (Å²) >= 11 is 5.97. The molecular weight excluding hydrogens is 367 g/mol. The largest absolute Gasteiger partial charge is 0.325 e. The first kappa shape index (κ1) is 19.2. The average molecular weight is 385 g/mol. The predicted molar refractivity (Wildman–Crippen MR) is 97.9 cm³/mol. The average Bonchev–Trinajstić information content (AvgIpc) is 2.54. The minimum atomic E-state index is -3.66. The molecule has 0 aliphatic rings. The van der Waals surface area contributed by atoms with E-state index in [0.717, 1.165) is 10.6 Å². The molecule has 0 aliphatic heterocycles. The lowest BCUT2D eigenvalue weighted by molar-refractivity contribution is -0.116. The standard InChI is InChI=1S/C17H18ClFN2O3S/c1-25(23,24)21(16-10-5-3-8-14(16)19)12-6-11-17(22)20-15-9-4-2-7-13(15)18/h2-5,7-10H,6,11-12H2,1H3,(H,20,22). The molecule has 0 unspecified atom stereocenters. The van der Waals surface area contributed by atoms with Crippen molar-refractivity contribution < 1.29 is 17.6 Å². The lowest BCUT2D eigenvalue weighted by atomic mass is 10.2. The molecule has 5 nitrogen and oxygen atoms in total. The molecule has 0 saturated heterocycles. The van der Waals surface area contributed by atoms with Gasteiger partial charge in [-0.3, -0.25) is 9.10 Å². The molecule has 0 bridgehead atoms. The second kappa shape index (κ2) is 8.31. The van der Waals surface area contributed by atoms with E-state index in [0.29, 0.717) is 10.7 Å². The quantitative estimate of drug-likeness (QED) is 0.792. The second-order valence-corrected chi connectivity index (χ2v) is 7.73. The zero-order valence-corrected chi connectivity index (χ0v) is 15.1. The number of sulfonamides is 1. The SMILES string of the molecule is CS(=O)(=O)N(CCCC(=O)Nc1ccccc1Cl)c1ccccc1F. The summed E-state index contributed by atoms with van der Waals surface area (Å²) in [5, 5.41) is 3.08. The van der Waals surface area contributed by atoms with Crippen LogP contribution in [0.1, 0.15) is 12.8 Å². The molecule has 0 radical (unpaired) electrons. The predicted octanol–water partition coefficient (Wildman–Crippen LogP) is 3.66. The third-order valence-corrected chi connectivity index (χ3v) is 4.94. The van der Waals surface area contributed by atoms with E-state index < -0.39 is 15.8 Å². The van der Waals surface area contributed by atoms with Gasteiger partial charge in [-0.05, 0) is 30.7 Å². The Balaban J connectivity index is 1.99. The molecule has 0 aliphatic carbocycles. The van der Waals surface area contributed by atoms with E-state index in [1.165, 1.54) is 18.2 Å². The number of nitrogens with one attached hydrogen (secondary N) is 1.